The van der Waals surface area contributed by atoms with Crippen molar-refractivity contribution in [1.29, 1.82) is 0 Å². The number of nitrogens with one attached hydrogen (secondary N) is 1. The van der Waals surface area contributed by atoms with Crippen LogP contribution in [0.2, 0.25) is 0 Å². The first-order valence-electron chi connectivity index (χ1n) is 8.42. The highest BCUT2D eigenvalue weighted by molar-refractivity contribution is 5.93. The average molecular weight is 294 g/mol. The largest absolute Gasteiger partial charge is 0.378 e. The van der Waals surface area contributed by atoms with Crippen molar-refractivity contribution in [2.24, 2.45) is 0 Å². The van der Waals surface area contributed by atoms with Crippen molar-refractivity contribution < 1.29 is 14.3 Å². The van der Waals surface area contributed by atoms with Crippen LogP contribution < -0.4 is 5.32 Å². The maximum Gasteiger partial charge on any atom is 0.248 e. The van der Waals surface area contributed by atoms with Gasteiger partial charge in [-0.3, -0.25) is 9.59 Å². The van der Waals surface area contributed by atoms with Gasteiger partial charge in [0.25, 0.3) is 0 Å². The Labute approximate surface area is 126 Å². The normalized spacial score (nSPS) is 29.0. The molecular formula is C16H26N2O3. The summed E-state index contributed by atoms with van der Waals surface area (Å²) in [4.78, 5) is 26.6. The Hall–Kier alpha value is -1.10. The topological polar surface area (TPSA) is 58.6 Å². The standard InChI is InChI=1S/C16H26N2O3/c19-14-7-11-18(10-3-5-13-6-4-12-21-13)15(20)16(17-14)8-1-2-9-16/h13H,1-12H2,(H,17,19). The van der Waals surface area contributed by atoms with Gasteiger partial charge in [-0.2, -0.15) is 0 Å². The van der Waals surface area contributed by atoms with E-state index >= 15 is 0 Å². The van der Waals surface area contributed by atoms with Gasteiger partial charge in [0.15, 0.2) is 0 Å². The zero-order valence-corrected chi connectivity index (χ0v) is 12.7. The molecular weight excluding hydrogens is 268 g/mol. The third-order valence-corrected chi connectivity index (χ3v) is 5.12. The van der Waals surface area contributed by atoms with Crippen molar-refractivity contribution in [3.8, 4) is 0 Å². The summed E-state index contributed by atoms with van der Waals surface area (Å²) in [6, 6.07) is 0. The Kier molecular flexibility index (Phi) is 4.48. The van der Waals surface area contributed by atoms with Gasteiger partial charge in [-0.25, -0.2) is 0 Å². The highest BCUT2D eigenvalue weighted by Crippen LogP contribution is 2.33. The Bertz CT molecular complexity index is 398. The van der Waals surface area contributed by atoms with Crippen LogP contribution in [0, 0.1) is 0 Å². The first kappa shape index (κ1) is 14.8. The van der Waals surface area contributed by atoms with Crippen LogP contribution in [-0.4, -0.2) is 48.1 Å². The van der Waals surface area contributed by atoms with Crippen molar-refractivity contribution in [3.05, 3.63) is 0 Å². The van der Waals surface area contributed by atoms with E-state index < -0.39 is 5.54 Å². The quantitative estimate of drug-likeness (QED) is 0.857. The number of hydrogen-bond donors (Lipinski definition) is 1. The number of carbonyl (C=O) groups is 2. The molecule has 2 amide bonds. The van der Waals surface area contributed by atoms with Gasteiger partial charge in [-0.15, -0.1) is 0 Å². The number of rotatable bonds is 4. The average Bonchev–Trinajstić information content (AvgIpc) is 3.11. The van der Waals surface area contributed by atoms with E-state index in [1.54, 1.807) is 0 Å². The highest BCUT2D eigenvalue weighted by Gasteiger charge is 2.46. The molecule has 5 heteroatoms. The summed E-state index contributed by atoms with van der Waals surface area (Å²) in [6.07, 6.45) is 8.82. The third-order valence-electron chi connectivity index (χ3n) is 5.12. The summed E-state index contributed by atoms with van der Waals surface area (Å²) in [6.45, 7) is 2.21. The molecule has 0 aromatic carbocycles. The van der Waals surface area contributed by atoms with E-state index in [1.807, 2.05) is 4.90 Å². The number of hydrogen-bond acceptors (Lipinski definition) is 3. The molecule has 2 heterocycles. The Morgan fingerprint density at radius 2 is 2.05 bits per heavy atom. The molecule has 3 fully saturated rings. The molecule has 1 spiro atoms. The summed E-state index contributed by atoms with van der Waals surface area (Å²) < 4.78 is 5.63. The van der Waals surface area contributed by atoms with Crippen LogP contribution in [0.25, 0.3) is 0 Å². The molecule has 1 unspecified atom stereocenters. The molecule has 3 aliphatic rings. The Morgan fingerprint density at radius 3 is 2.76 bits per heavy atom. The summed E-state index contributed by atoms with van der Waals surface area (Å²) in [7, 11) is 0. The first-order chi connectivity index (χ1) is 10.2. The smallest absolute Gasteiger partial charge is 0.248 e. The van der Waals surface area contributed by atoms with Gasteiger partial charge in [-0.1, -0.05) is 12.8 Å². The predicted molar refractivity (Wildman–Crippen MR) is 78.7 cm³/mol. The number of carbonyl (C=O) groups excluding carboxylic acids is 2. The van der Waals surface area contributed by atoms with Crippen molar-refractivity contribution >= 4 is 11.8 Å². The van der Waals surface area contributed by atoms with E-state index in [-0.39, 0.29) is 11.8 Å². The number of nitrogens with zero attached hydrogens (tertiary/aromatic N) is 1. The summed E-state index contributed by atoms with van der Waals surface area (Å²) in [5.41, 5.74) is -0.586. The van der Waals surface area contributed by atoms with Crippen molar-refractivity contribution in [2.45, 2.75) is 69.4 Å². The Balaban J connectivity index is 1.57. The Morgan fingerprint density at radius 1 is 1.24 bits per heavy atom. The van der Waals surface area contributed by atoms with Gasteiger partial charge >= 0.3 is 0 Å². The molecule has 21 heavy (non-hydrogen) atoms. The number of amides is 2. The minimum Gasteiger partial charge on any atom is -0.378 e. The van der Waals surface area contributed by atoms with Crippen molar-refractivity contribution in [1.82, 2.24) is 10.2 Å². The monoisotopic (exact) mass is 294 g/mol. The lowest BCUT2D eigenvalue weighted by atomic mass is 9.95. The van der Waals surface area contributed by atoms with Crippen LogP contribution in [-0.2, 0) is 14.3 Å². The molecule has 0 radical (unpaired) electrons. The minimum absolute atomic E-state index is 0.0341. The molecule has 2 saturated heterocycles. The van der Waals surface area contributed by atoms with Gasteiger partial charge in [0.1, 0.15) is 5.54 Å². The van der Waals surface area contributed by atoms with Crippen LogP contribution in [0.5, 0.6) is 0 Å². The lowest BCUT2D eigenvalue weighted by molar-refractivity contribution is -0.138. The lowest BCUT2D eigenvalue weighted by Crippen LogP contribution is -2.55. The fraction of sp³-hybridized carbons (Fsp3) is 0.875. The van der Waals surface area contributed by atoms with Crippen LogP contribution in [0.3, 0.4) is 0 Å². The fourth-order valence-corrected chi connectivity index (χ4v) is 3.94. The van der Waals surface area contributed by atoms with Gasteiger partial charge < -0.3 is 15.0 Å². The summed E-state index contributed by atoms with van der Waals surface area (Å²) >= 11 is 0. The van der Waals surface area contributed by atoms with E-state index in [9.17, 15) is 9.59 Å². The fourth-order valence-electron chi connectivity index (χ4n) is 3.94. The van der Waals surface area contributed by atoms with Gasteiger partial charge in [0.05, 0.1) is 6.10 Å². The molecule has 0 aromatic heterocycles. The second-order valence-electron chi connectivity index (χ2n) is 6.66. The molecule has 2 aliphatic heterocycles. The zero-order valence-electron chi connectivity index (χ0n) is 12.7. The van der Waals surface area contributed by atoms with Crippen LogP contribution in [0.15, 0.2) is 0 Å². The van der Waals surface area contributed by atoms with E-state index in [0.29, 0.717) is 19.1 Å². The van der Waals surface area contributed by atoms with Crippen LogP contribution >= 0.6 is 0 Å². The zero-order chi connectivity index (χ0) is 14.7. The third kappa shape index (κ3) is 3.23. The maximum absolute atomic E-state index is 12.8. The molecule has 1 atom stereocenters. The van der Waals surface area contributed by atoms with Crippen molar-refractivity contribution in [3.63, 3.8) is 0 Å². The summed E-state index contributed by atoms with van der Waals surface area (Å²) in [5, 5.41) is 3.01. The molecule has 3 rings (SSSR count). The molecule has 0 bridgehead atoms. The van der Waals surface area contributed by atoms with E-state index in [1.165, 1.54) is 0 Å². The van der Waals surface area contributed by atoms with Gasteiger partial charge in [0, 0.05) is 26.1 Å². The number of ether oxygens (including phenoxy) is 1. The first-order valence-corrected chi connectivity index (χ1v) is 8.42. The SMILES string of the molecule is O=C1CCN(CCCC2CCCO2)C(=O)C2(CCCC2)N1. The second-order valence-corrected chi connectivity index (χ2v) is 6.66. The summed E-state index contributed by atoms with van der Waals surface area (Å²) in [5.74, 6) is 0.185. The highest BCUT2D eigenvalue weighted by atomic mass is 16.5. The molecule has 1 aliphatic carbocycles. The minimum atomic E-state index is -0.586. The molecule has 1 N–H and O–H groups in total. The van der Waals surface area contributed by atoms with E-state index in [2.05, 4.69) is 5.32 Å². The van der Waals surface area contributed by atoms with E-state index in [4.69, 9.17) is 4.74 Å². The molecule has 0 aromatic rings. The van der Waals surface area contributed by atoms with Gasteiger partial charge in [0.2, 0.25) is 11.8 Å². The second kappa shape index (κ2) is 6.34. The molecule has 118 valence electrons. The van der Waals surface area contributed by atoms with Crippen LogP contribution in [0.1, 0.15) is 57.8 Å². The molecule has 5 nitrogen and oxygen atoms in total. The van der Waals surface area contributed by atoms with Crippen molar-refractivity contribution in [2.75, 3.05) is 19.7 Å². The predicted octanol–water partition coefficient (Wildman–Crippen LogP) is 1.61. The maximum atomic E-state index is 12.8. The van der Waals surface area contributed by atoms with E-state index in [0.717, 1.165) is 64.5 Å². The van der Waals surface area contributed by atoms with Crippen LogP contribution in [0.4, 0.5) is 0 Å². The molecule has 1 saturated carbocycles. The van der Waals surface area contributed by atoms with Gasteiger partial charge in [-0.05, 0) is 38.5 Å². The lowest BCUT2D eigenvalue weighted by Gasteiger charge is -2.32.